The largest absolute Gasteiger partial charge is 0.356 e. The molecule has 0 spiro atoms. The lowest BCUT2D eigenvalue weighted by atomic mass is 10.1. The highest BCUT2D eigenvalue weighted by molar-refractivity contribution is 14.0. The molecule has 0 aromatic heterocycles. The summed E-state index contributed by atoms with van der Waals surface area (Å²) in [6.45, 7) is 3.76. The van der Waals surface area contributed by atoms with Gasteiger partial charge in [0, 0.05) is 39.3 Å². The van der Waals surface area contributed by atoms with Crippen molar-refractivity contribution in [3.05, 3.63) is 35.4 Å². The van der Waals surface area contributed by atoms with Crippen molar-refractivity contribution in [2.24, 2.45) is 4.99 Å². The van der Waals surface area contributed by atoms with E-state index in [-0.39, 0.29) is 47.6 Å². The average molecular weight is 577 g/mol. The molecule has 0 bridgehead atoms. The Morgan fingerprint density at radius 2 is 1.69 bits per heavy atom. The van der Waals surface area contributed by atoms with Gasteiger partial charge in [0.15, 0.2) is 5.96 Å². The summed E-state index contributed by atoms with van der Waals surface area (Å²) >= 11 is 0. The third-order valence-corrected chi connectivity index (χ3v) is 7.64. The van der Waals surface area contributed by atoms with Crippen LogP contribution in [-0.2, 0) is 10.0 Å². The Hall–Kier alpha value is -1.73. The van der Waals surface area contributed by atoms with Crippen molar-refractivity contribution >= 4 is 51.8 Å². The summed E-state index contributed by atoms with van der Waals surface area (Å²) in [5.74, 6) is 0.372. The molecule has 9 nitrogen and oxygen atoms in total. The number of carbonyl (C=O) groups excluding carboxylic acids is 2. The fourth-order valence-electron chi connectivity index (χ4n) is 3.89. The third kappa shape index (κ3) is 6.19. The Balaban J connectivity index is 0.00000363. The number of fused-ring (bicyclic) bond motifs is 1. The Labute approximate surface area is 207 Å². The van der Waals surface area contributed by atoms with Crippen molar-refractivity contribution in [2.45, 2.75) is 38.6 Å². The molecular weight excluding hydrogens is 545 g/mol. The molecule has 2 amide bonds. The van der Waals surface area contributed by atoms with Crippen molar-refractivity contribution in [3.63, 3.8) is 0 Å². The van der Waals surface area contributed by atoms with Gasteiger partial charge in [-0.05, 0) is 44.7 Å². The molecule has 2 aliphatic heterocycles. The highest BCUT2D eigenvalue weighted by Crippen LogP contribution is 2.22. The first-order chi connectivity index (χ1) is 14.9. The molecule has 1 saturated heterocycles. The van der Waals surface area contributed by atoms with Gasteiger partial charge in [-0.2, -0.15) is 0 Å². The number of unbranched alkanes of at least 4 members (excludes halogenated alkanes) is 1. The second-order valence-corrected chi connectivity index (χ2v) is 9.99. The molecule has 0 atom stereocenters. The number of rotatable bonds is 8. The quantitative estimate of drug-likeness (QED) is 0.160. The summed E-state index contributed by atoms with van der Waals surface area (Å²) in [5, 5.41) is 6.61. The number of hydrogen-bond donors (Lipinski definition) is 2. The molecule has 1 aromatic rings. The zero-order valence-corrected chi connectivity index (χ0v) is 21.7. The predicted octanol–water partition coefficient (Wildman–Crippen LogP) is 1.66. The van der Waals surface area contributed by atoms with Crippen LogP contribution in [0, 0.1) is 0 Å². The van der Waals surface area contributed by atoms with Crippen LogP contribution in [0.4, 0.5) is 0 Å². The van der Waals surface area contributed by atoms with E-state index in [4.69, 9.17) is 0 Å². The summed E-state index contributed by atoms with van der Waals surface area (Å²) in [6.07, 6.45) is 2.95. The van der Waals surface area contributed by atoms with E-state index in [1.807, 2.05) is 0 Å². The predicted molar refractivity (Wildman–Crippen MR) is 135 cm³/mol. The normalized spacial score (nSPS) is 17.8. The fourth-order valence-corrected chi connectivity index (χ4v) is 5.03. The molecule has 0 radical (unpaired) electrons. The topological polar surface area (TPSA) is 111 Å². The molecule has 32 heavy (non-hydrogen) atoms. The molecule has 178 valence electrons. The standard InChI is InChI=1S/C21H31N5O4S.HI/c1-3-31(29,30)25-14-10-16(11-15-25)24-21(22-2)23-12-6-7-13-26-19(27)17-8-4-5-9-18(17)20(26)28;/h4-5,8-9,16H,3,6-7,10-15H2,1-2H3,(H2,22,23,24);1H. The molecule has 0 aliphatic carbocycles. The van der Waals surface area contributed by atoms with E-state index >= 15 is 0 Å². The Morgan fingerprint density at radius 3 is 2.22 bits per heavy atom. The van der Waals surface area contributed by atoms with Crippen LogP contribution >= 0.6 is 24.0 Å². The third-order valence-electron chi connectivity index (χ3n) is 5.76. The first-order valence-electron chi connectivity index (χ1n) is 10.8. The highest BCUT2D eigenvalue weighted by atomic mass is 127. The zero-order valence-electron chi connectivity index (χ0n) is 18.5. The van der Waals surface area contributed by atoms with E-state index in [0.717, 1.165) is 19.3 Å². The van der Waals surface area contributed by atoms with Crippen molar-refractivity contribution in [1.82, 2.24) is 19.8 Å². The van der Waals surface area contributed by atoms with Crippen LogP contribution in [0.2, 0.25) is 0 Å². The van der Waals surface area contributed by atoms with E-state index < -0.39 is 10.0 Å². The average Bonchev–Trinajstić information content (AvgIpc) is 3.03. The van der Waals surface area contributed by atoms with Gasteiger partial charge in [0.2, 0.25) is 10.0 Å². The van der Waals surface area contributed by atoms with E-state index in [1.54, 1.807) is 42.5 Å². The first-order valence-corrected chi connectivity index (χ1v) is 12.4. The number of halogens is 1. The maximum absolute atomic E-state index is 12.4. The summed E-state index contributed by atoms with van der Waals surface area (Å²) in [4.78, 5) is 30.3. The van der Waals surface area contributed by atoms with Crippen LogP contribution < -0.4 is 10.6 Å². The van der Waals surface area contributed by atoms with Gasteiger partial charge in [-0.25, -0.2) is 12.7 Å². The number of hydrogen-bond acceptors (Lipinski definition) is 5. The minimum absolute atomic E-state index is 0. The van der Waals surface area contributed by atoms with E-state index in [2.05, 4.69) is 15.6 Å². The van der Waals surface area contributed by atoms with E-state index in [1.165, 1.54) is 4.90 Å². The lowest BCUT2D eigenvalue weighted by Gasteiger charge is -2.32. The highest BCUT2D eigenvalue weighted by Gasteiger charge is 2.34. The molecule has 3 rings (SSSR count). The van der Waals surface area contributed by atoms with Crippen molar-refractivity contribution in [1.29, 1.82) is 0 Å². The molecule has 2 aliphatic rings. The van der Waals surface area contributed by atoms with Gasteiger partial charge in [-0.15, -0.1) is 24.0 Å². The van der Waals surface area contributed by atoms with Crippen LogP contribution in [0.15, 0.2) is 29.3 Å². The first kappa shape index (κ1) is 26.5. The number of carbonyl (C=O) groups is 2. The van der Waals surface area contributed by atoms with Crippen molar-refractivity contribution < 1.29 is 18.0 Å². The number of guanidine groups is 1. The Bertz CT molecular complexity index is 910. The van der Waals surface area contributed by atoms with E-state index in [0.29, 0.717) is 49.7 Å². The number of piperidine rings is 1. The smallest absolute Gasteiger partial charge is 0.261 e. The lowest BCUT2D eigenvalue weighted by Crippen LogP contribution is -2.50. The number of sulfonamides is 1. The van der Waals surface area contributed by atoms with Crippen LogP contribution in [0.25, 0.3) is 0 Å². The van der Waals surface area contributed by atoms with Crippen molar-refractivity contribution in [2.75, 3.05) is 39.0 Å². The molecule has 1 aromatic carbocycles. The second kappa shape index (κ2) is 11.9. The monoisotopic (exact) mass is 577 g/mol. The fraction of sp³-hybridized carbons (Fsp3) is 0.571. The SMILES string of the molecule is CCS(=O)(=O)N1CCC(NC(=NC)NCCCCN2C(=O)c3ccccc3C2=O)CC1.I. The summed E-state index contributed by atoms with van der Waals surface area (Å²) < 4.78 is 25.5. The van der Waals surface area contributed by atoms with Gasteiger partial charge in [0.05, 0.1) is 16.9 Å². The van der Waals surface area contributed by atoms with Crippen LogP contribution in [0.1, 0.15) is 53.3 Å². The molecule has 11 heteroatoms. The molecule has 0 saturated carbocycles. The number of amides is 2. The molecule has 2 heterocycles. The number of nitrogens with zero attached hydrogens (tertiary/aromatic N) is 3. The van der Waals surface area contributed by atoms with Gasteiger partial charge in [0.1, 0.15) is 0 Å². The molecular formula is C21H32IN5O4S. The zero-order chi connectivity index (χ0) is 22.4. The summed E-state index contributed by atoms with van der Waals surface area (Å²) in [5.41, 5.74) is 0.959. The summed E-state index contributed by atoms with van der Waals surface area (Å²) in [6, 6.07) is 7.09. The Morgan fingerprint density at radius 1 is 1.09 bits per heavy atom. The minimum atomic E-state index is -3.12. The van der Waals surface area contributed by atoms with Gasteiger partial charge in [0.25, 0.3) is 11.8 Å². The Kier molecular flexibility index (Phi) is 9.89. The van der Waals surface area contributed by atoms with E-state index in [9.17, 15) is 18.0 Å². The van der Waals surface area contributed by atoms with Gasteiger partial charge in [-0.3, -0.25) is 19.5 Å². The maximum atomic E-state index is 12.4. The molecule has 2 N–H and O–H groups in total. The van der Waals surface area contributed by atoms with Crippen LogP contribution in [0.3, 0.4) is 0 Å². The maximum Gasteiger partial charge on any atom is 0.261 e. The number of nitrogens with one attached hydrogen (secondary N) is 2. The van der Waals surface area contributed by atoms with Gasteiger partial charge in [-0.1, -0.05) is 12.1 Å². The lowest BCUT2D eigenvalue weighted by molar-refractivity contribution is 0.0651. The van der Waals surface area contributed by atoms with Gasteiger partial charge >= 0.3 is 0 Å². The summed E-state index contributed by atoms with van der Waals surface area (Å²) in [7, 11) is -1.42. The van der Waals surface area contributed by atoms with Crippen LogP contribution in [-0.4, -0.2) is 80.4 Å². The van der Waals surface area contributed by atoms with Gasteiger partial charge < -0.3 is 10.6 Å². The number of aliphatic imine (C=N–C) groups is 1. The molecule has 1 fully saturated rings. The van der Waals surface area contributed by atoms with Crippen LogP contribution in [0.5, 0.6) is 0 Å². The van der Waals surface area contributed by atoms with Crippen molar-refractivity contribution in [3.8, 4) is 0 Å². The number of benzene rings is 1. The number of imide groups is 1. The molecule has 0 unspecified atom stereocenters. The second-order valence-electron chi connectivity index (χ2n) is 7.73. The minimum Gasteiger partial charge on any atom is -0.356 e.